The molecule has 0 rings (SSSR count). The summed E-state index contributed by atoms with van der Waals surface area (Å²) in [6.45, 7) is 9.73. The van der Waals surface area contributed by atoms with Gasteiger partial charge in [0.2, 0.25) is 0 Å². The maximum absolute atomic E-state index is 12.0. The summed E-state index contributed by atoms with van der Waals surface area (Å²) in [4.78, 5) is 4.08. The fourth-order valence-electron chi connectivity index (χ4n) is 1.20. The summed E-state index contributed by atoms with van der Waals surface area (Å²) in [5.41, 5.74) is 0.982. The maximum Gasteiger partial charge on any atom is 0.332 e. The van der Waals surface area contributed by atoms with Crippen molar-refractivity contribution in [3.05, 3.63) is 0 Å². The second-order valence-electron chi connectivity index (χ2n) is 3.93. The molecule has 0 N–H and O–H groups in total. The van der Waals surface area contributed by atoms with Crippen LogP contribution in [0.3, 0.4) is 0 Å². The fourth-order valence-corrected chi connectivity index (χ4v) is 2.67. The molecule has 0 heterocycles. The molecule has 0 fully saturated rings. The molecule has 0 radical (unpaired) electrons. The van der Waals surface area contributed by atoms with Crippen LogP contribution in [0, 0.1) is 0 Å². The standard InChI is InChI=1S/C12H26NO5P/c1-5-17-19(14,18-6-2)10-9-15-7-8-16-11-13-12(3)4/h5-11H2,1-4H3. The molecule has 0 aromatic heterocycles. The van der Waals surface area contributed by atoms with Crippen molar-refractivity contribution in [2.75, 3.05) is 45.9 Å². The molecule has 114 valence electrons. The van der Waals surface area contributed by atoms with E-state index in [4.69, 9.17) is 18.5 Å². The summed E-state index contributed by atoms with van der Waals surface area (Å²) in [5, 5.41) is 0. The van der Waals surface area contributed by atoms with Crippen molar-refractivity contribution in [2.45, 2.75) is 27.7 Å². The summed E-state index contributed by atoms with van der Waals surface area (Å²) in [6, 6.07) is 0. The molecule has 0 spiro atoms. The molecule has 0 bridgehead atoms. The Morgan fingerprint density at radius 2 is 1.58 bits per heavy atom. The van der Waals surface area contributed by atoms with E-state index in [2.05, 4.69) is 4.99 Å². The Morgan fingerprint density at radius 1 is 1.00 bits per heavy atom. The van der Waals surface area contributed by atoms with Crippen molar-refractivity contribution in [1.82, 2.24) is 0 Å². The third-order valence-electron chi connectivity index (χ3n) is 2.01. The first-order valence-electron chi connectivity index (χ1n) is 6.55. The molecular weight excluding hydrogens is 269 g/mol. The Bertz CT molecular complexity index is 282. The minimum Gasteiger partial charge on any atom is -0.378 e. The highest BCUT2D eigenvalue weighted by atomic mass is 31.2. The number of aliphatic imine (C=N–C) groups is 1. The van der Waals surface area contributed by atoms with E-state index in [0.717, 1.165) is 5.71 Å². The third-order valence-corrected chi connectivity index (χ3v) is 4.04. The van der Waals surface area contributed by atoms with E-state index in [1.165, 1.54) is 0 Å². The highest BCUT2D eigenvalue weighted by Gasteiger charge is 2.22. The zero-order valence-electron chi connectivity index (χ0n) is 12.4. The molecule has 0 saturated carbocycles. The molecule has 0 saturated heterocycles. The van der Waals surface area contributed by atoms with Crippen molar-refractivity contribution in [3.63, 3.8) is 0 Å². The van der Waals surface area contributed by atoms with E-state index < -0.39 is 7.60 Å². The minimum absolute atomic E-state index is 0.265. The van der Waals surface area contributed by atoms with Gasteiger partial charge >= 0.3 is 7.60 Å². The van der Waals surface area contributed by atoms with Gasteiger partial charge in [-0.3, -0.25) is 9.56 Å². The molecule has 0 atom stereocenters. The Balaban J connectivity index is 3.61. The van der Waals surface area contributed by atoms with Crippen LogP contribution in [0.25, 0.3) is 0 Å². The summed E-state index contributed by atoms with van der Waals surface area (Å²) >= 11 is 0. The number of hydrogen-bond donors (Lipinski definition) is 0. The van der Waals surface area contributed by atoms with Gasteiger partial charge in [0, 0.05) is 5.71 Å². The second-order valence-corrected chi connectivity index (χ2v) is 6.11. The van der Waals surface area contributed by atoms with Gasteiger partial charge in [-0.25, -0.2) is 0 Å². The van der Waals surface area contributed by atoms with Crippen molar-refractivity contribution in [2.24, 2.45) is 4.99 Å². The van der Waals surface area contributed by atoms with Crippen molar-refractivity contribution in [3.8, 4) is 0 Å². The summed E-state index contributed by atoms with van der Waals surface area (Å²) < 4.78 is 32.9. The van der Waals surface area contributed by atoms with Gasteiger partial charge in [-0.05, 0) is 27.7 Å². The van der Waals surface area contributed by atoms with Gasteiger partial charge in [-0.1, -0.05) is 0 Å². The van der Waals surface area contributed by atoms with E-state index in [9.17, 15) is 4.57 Å². The molecule has 0 aliphatic carbocycles. The summed E-state index contributed by atoms with van der Waals surface area (Å²) in [6.07, 6.45) is 0.265. The van der Waals surface area contributed by atoms with E-state index in [1.807, 2.05) is 13.8 Å². The van der Waals surface area contributed by atoms with Gasteiger partial charge in [0.05, 0.1) is 39.2 Å². The second kappa shape index (κ2) is 11.6. The average Bonchev–Trinajstić information content (AvgIpc) is 2.33. The van der Waals surface area contributed by atoms with Gasteiger partial charge < -0.3 is 18.5 Å². The van der Waals surface area contributed by atoms with Crippen LogP contribution >= 0.6 is 7.60 Å². The van der Waals surface area contributed by atoms with Crippen LogP contribution in [-0.2, 0) is 23.1 Å². The number of ether oxygens (including phenoxy) is 2. The first-order valence-corrected chi connectivity index (χ1v) is 8.28. The van der Waals surface area contributed by atoms with Crippen molar-refractivity contribution in [1.29, 1.82) is 0 Å². The Labute approximate surface area is 116 Å². The van der Waals surface area contributed by atoms with Crippen LogP contribution in [0.2, 0.25) is 0 Å². The summed E-state index contributed by atoms with van der Waals surface area (Å²) in [7, 11) is -2.98. The fraction of sp³-hybridized carbons (Fsp3) is 0.917. The Kier molecular flexibility index (Phi) is 11.4. The predicted octanol–water partition coefficient (Wildman–Crippen LogP) is 2.72. The normalized spacial score (nSPS) is 11.6. The molecule has 6 nitrogen and oxygen atoms in total. The van der Waals surface area contributed by atoms with Crippen molar-refractivity contribution >= 4 is 13.3 Å². The zero-order chi connectivity index (χ0) is 14.6. The molecule has 19 heavy (non-hydrogen) atoms. The quantitative estimate of drug-likeness (QED) is 0.314. The average molecular weight is 295 g/mol. The zero-order valence-corrected chi connectivity index (χ0v) is 13.3. The molecule has 0 aliphatic heterocycles. The topological polar surface area (TPSA) is 66.4 Å². The first-order chi connectivity index (χ1) is 9.04. The lowest BCUT2D eigenvalue weighted by atomic mass is 10.5. The van der Waals surface area contributed by atoms with Crippen LogP contribution in [-0.4, -0.2) is 51.6 Å². The highest BCUT2D eigenvalue weighted by molar-refractivity contribution is 7.53. The molecule has 0 amide bonds. The number of rotatable bonds is 12. The largest absolute Gasteiger partial charge is 0.378 e. The summed E-state index contributed by atoms with van der Waals surface area (Å²) in [5.74, 6) is 0. The smallest absolute Gasteiger partial charge is 0.332 e. The monoisotopic (exact) mass is 295 g/mol. The van der Waals surface area contributed by atoms with E-state index in [0.29, 0.717) is 39.8 Å². The van der Waals surface area contributed by atoms with Gasteiger partial charge in [0.15, 0.2) is 0 Å². The first kappa shape index (κ1) is 18.7. The van der Waals surface area contributed by atoms with Crippen LogP contribution in [0.5, 0.6) is 0 Å². The lowest BCUT2D eigenvalue weighted by Gasteiger charge is -2.16. The molecular formula is C12H26NO5P. The number of nitrogens with zero attached hydrogens (tertiary/aromatic N) is 1. The van der Waals surface area contributed by atoms with Crippen molar-refractivity contribution < 1.29 is 23.1 Å². The van der Waals surface area contributed by atoms with Gasteiger partial charge in [-0.2, -0.15) is 0 Å². The van der Waals surface area contributed by atoms with Crippen LogP contribution in [0.4, 0.5) is 0 Å². The Morgan fingerprint density at radius 3 is 2.11 bits per heavy atom. The molecule has 0 aliphatic rings. The number of hydrogen-bond acceptors (Lipinski definition) is 6. The highest BCUT2D eigenvalue weighted by Crippen LogP contribution is 2.47. The SMILES string of the molecule is CCOP(=O)(CCOCCOCN=C(C)C)OCC. The van der Waals surface area contributed by atoms with Gasteiger partial charge in [0.25, 0.3) is 0 Å². The minimum atomic E-state index is -2.98. The van der Waals surface area contributed by atoms with E-state index in [1.54, 1.807) is 13.8 Å². The van der Waals surface area contributed by atoms with Crippen LogP contribution in [0.1, 0.15) is 27.7 Å². The lowest BCUT2D eigenvalue weighted by molar-refractivity contribution is 0.0549. The molecule has 0 aromatic rings. The Hall–Kier alpha value is -0.260. The van der Waals surface area contributed by atoms with Gasteiger partial charge in [0.1, 0.15) is 6.73 Å². The van der Waals surface area contributed by atoms with Crippen LogP contribution in [0.15, 0.2) is 4.99 Å². The molecule has 0 unspecified atom stereocenters. The molecule has 0 aromatic carbocycles. The molecule has 7 heteroatoms. The van der Waals surface area contributed by atoms with Crippen LogP contribution < -0.4 is 0 Å². The maximum atomic E-state index is 12.0. The predicted molar refractivity (Wildman–Crippen MR) is 76.1 cm³/mol. The lowest BCUT2D eigenvalue weighted by Crippen LogP contribution is -2.10. The third kappa shape index (κ3) is 11.3. The van der Waals surface area contributed by atoms with E-state index >= 15 is 0 Å². The van der Waals surface area contributed by atoms with Gasteiger partial charge in [-0.15, -0.1) is 0 Å². The van der Waals surface area contributed by atoms with E-state index in [-0.39, 0.29) is 6.16 Å².